The number of pyridine rings is 1. The molecule has 2 heterocycles. The lowest BCUT2D eigenvalue weighted by molar-refractivity contribution is 0.602. The third-order valence-corrected chi connectivity index (χ3v) is 2.96. The van der Waals surface area contributed by atoms with Crippen LogP contribution in [0.3, 0.4) is 0 Å². The van der Waals surface area contributed by atoms with E-state index in [4.69, 9.17) is 5.73 Å². The molecule has 3 N–H and O–H groups in total. The van der Waals surface area contributed by atoms with Gasteiger partial charge in [-0.2, -0.15) is 5.10 Å². The number of nitrogens with zero attached hydrogens (tertiary/aromatic N) is 2. The van der Waals surface area contributed by atoms with Crippen molar-refractivity contribution in [2.24, 2.45) is 0 Å². The molecule has 0 aliphatic heterocycles. The Hall–Kier alpha value is -2.76. The van der Waals surface area contributed by atoms with Crippen molar-refractivity contribution in [1.82, 2.24) is 15.2 Å². The molecule has 0 fully saturated rings. The molecule has 0 aliphatic rings. The summed E-state index contributed by atoms with van der Waals surface area (Å²) in [4.78, 5) is 3.91. The van der Waals surface area contributed by atoms with Crippen LogP contribution in [0.25, 0.3) is 22.4 Å². The number of nitrogen functional groups attached to an aromatic ring is 1. The van der Waals surface area contributed by atoms with Gasteiger partial charge in [0, 0.05) is 18.0 Å². The number of halogens is 2. The summed E-state index contributed by atoms with van der Waals surface area (Å²) in [5.41, 5.74) is 7.49. The Bertz CT molecular complexity index is 753. The standard InChI is InChI=1S/C14H10F2N4/c15-9-1-2-11(16)10(7-9)13-12(14(17)20-19-13)8-3-5-18-6-4-8/h1-7H,(H3,17,19,20). The van der Waals surface area contributed by atoms with Gasteiger partial charge in [0.05, 0.1) is 11.3 Å². The maximum absolute atomic E-state index is 13.9. The SMILES string of the molecule is Nc1n[nH]c(-c2cc(F)ccc2F)c1-c1ccncc1. The molecule has 20 heavy (non-hydrogen) atoms. The number of nitrogens with two attached hydrogens (primary N) is 1. The molecule has 3 rings (SSSR count). The smallest absolute Gasteiger partial charge is 0.153 e. The van der Waals surface area contributed by atoms with Crippen molar-refractivity contribution in [2.45, 2.75) is 0 Å². The highest BCUT2D eigenvalue weighted by Gasteiger charge is 2.17. The lowest BCUT2D eigenvalue weighted by atomic mass is 10.0. The zero-order chi connectivity index (χ0) is 14.1. The predicted molar refractivity (Wildman–Crippen MR) is 71.6 cm³/mol. The number of nitrogens with one attached hydrogen (secondary N) is 1. The summed E-state index contributed by atoms with van der Waals surface area (Å²) in [6, 6.07) is 6.68. The van der Waals surface area contributed by atoms with Crippen molar-refractivity contribution >= 4 is 5.82 Å². The Balaban J connectivity index is 2.24. The monoisotopic (exact) mass is 272 g/mol. The second-order valence-corrected chi connectivity index (χ2v) is 4.22. The quantitative estimate of drug-likeness (QED) is 0.753. The Morgan fingerprint density at radius 3 is 2.55 bits per heavy atom. The Morgan fingerprint density at radius 2 is 1.80 bits per heavy atom. The van der Waals surface area contributed by atoms with Gasteiger partial charge in [0.15, 0.2) is 5.82 Å². The van der Waals surface area contributed by atoms with Crippen LogP contribution >= 0.6 is 0 Å². The fourth-order valence-corrected chi connectivity index (χ4v) is 2.05. The van der Waals surface area contributed by atoms with Crippen LogP contribution < -0.4 is 5.73 Å². The average molecular weight is 272 g/mol. The van der Waals surface area contributed by atoms with Crippen molar-refractivity contribution in [3.63, 3.8) is 0 Å². The zero-order valence-corrected chi connectivity index (χ0v) is 10.3. The van der Waals surface area contributed by atoms with Gasteiger partial charge in [0.25, 0.3) is 0 Å². The molecule has 100 valence electrons. The molecule has 0 amide bonds. The molecule has 4 nitrogen and oxygen atoms in total. The lowest BCUT2D eigenvalue weighted by Crippen LogP contribution is -1.91. The van der Waals surface area contributed by atoms with Gasteiger partial charge in [-0.25, -0.2) is 8.78 Å². The van der Waals surface area contributed by atoms with Gasteiger partial charge >= 0.3 is 0 Å². The molecule has 1 aromatic carbocycles. The third kappa shape index (κ3) is 2.01. The van der Waals surface area contributed by atoms with E-state index >= 15 is 0 Å². The molecule has 0 spiro atoms. The molecule has 0 saturated carbocycles. The van der Waals surface area contributed by atoms with E-state index in [1.165, 1.54) is 0 Å². The van der Waals surface area contributed by atoms with E-state index in [2.05, 4.69) is 15.2 Å². The van der Waals surface area contributed by atoms with Gasteiger partial charge in [0.2, 0.25) is 0 Å². The van der Waals surface area contributed by atoms with Crippen LogP contribution in [0.2, 0.25) is 0 Å². The highest BCUT2D eigenvalue weighted by atomic mass is 19.1. The first-order valence-corrected chi connectivity index (χ1v) is 5.86. The van der Waals surface area contributed by atoms with E-state index in [9.17, 15) is 8.78 Å². The van der Waals surface area contributed by atoms with Crippen LogP contribution in [0.4, 0.5) is 14.6 Å². The number of H-pyrrole nitrogens is 1. The largest absolute Gasteiger partial charge is 0.382 e. The topological polar surface area (TPSA) is 67.6 Å². The van der Waals surface area contributed by atoms with Crippen LogP contribution in [-0.2, 0) is 0 Å². The van der Waals surface area contributed by atoms with Gasteiger partial charge in [-0.15, -0.1) is 0 Å². The number of hydrogen-bond donors (Lipinski definition) is 2. The lowest BCUT2D eigenvalue weighted by Gasteiger charge is -2.05. The molecule has 3 aromatic rings. The second-order valence-electron chi connectivity index (χ2n) is 4.22. The Morgan fingerprint density at radius 1 is 1.05 bits per heavy atom. The highest BCUT2D eigenvalue weighted by molar-refractivity contribution is 5.87. The van der Waals surface area contributed by atoms with Crippen molar-refractivity contribution < 1.29 is 8.78 Å². The normalized spacial score (nSPS) is 10.7. The van der Waals surface area contributed by atoms with Crippen LogP contribution in [-0.4, -0.2) is 15.2 Å². The van der Waals surface area contributed by atoms with Crippen LogP contribution in [0.15, 0.2) is 42.7 Å². The van der Waals surface area contributed by atoms with E-state index in [0.717, 1.165) is 23.8 Å². The summed E-state index contributed by atoms with van der Waals surface area (Å²) in [6.07, 6.45) is 3.18. The third-order valence-electron chi connectivity index (χ3n) is 2.96. The van der Waals surface area contributed by atoms with Gasteiger partial charge in [-0.3, -0.25) is 10.1 Å². The summed E-state index contributed by atoms with van der Waals surface area (Å²) >= 11 is 0. The van der Waals surface area contributed by atoms with E-state index in [0.29, 0.717) is 11.3 Å². The predicted octanol–water partition coefficient (Wildman–Crippen LogP) is 3.00. The maximum Gasteiger partial charge on any atom is 0.153 e. The van der Waals surface area contributed by atoms with Crippen molar-refractivity contribution in [3.8, 4) is 22.4 Å². The van der Waals surface area contributed by atoms with Crippen molar-refractivity contribution in [2.75, 3.05) is 5.73 Å². The number of anilines is 1. The first-order valence-electron chi connectivity index (χ1n) is 5.86. The van der Waals surface area contributed by atoms with Crippen LogP contribution in [0.1, 0.15) is 0 Å². The summed E-state index contributed by atoms with van der Waals surface area (Å²) in [6.45, 7) is 0. The molecular weight excluding hydrogens is 262 g/mol. The molecule has 0 aliphatic carbocycles. The molecule has 0 unspecified atom stereocenters. The molecular formula is C14H10F2N4. The first kappa shape index (κ1) is 12.3. The second kappa shape index (κ2) is 4.73. The Labute approximate surface area is 113 Å². The molecule has 6 heteroatoms. The fourth-order valence-electron chi connectivity index (χ4n) is 2.05. The van der Waals surface area contributed by atoms with Crippen molar-refractivity contribution in [1.29, 1.82) is 0 Å². The van der Waals surface area contributed by atoms with Gasteiger partial charge in [-0.05, 0) is 35.9 Å². The van der Waals surface area contributed by atoms with Crippen molar-refractivity contribution in [3.05, 3.63) is 54.4 Å². The first-order chi connectivity index (χ1) is 9.66. The summed E-state index contributed by atoms with van der Waals surface area (Å²) in [5.74, 6) is -0.865. The van der Waals surface area contributed by atoms with Crippen LogP contribution in [0, 0.1) is 11.6 Å². The minimum absolute atomic E-state index is 0.0843. The number of aromatic amines is 1. The summed E-state index contributed by atoms with van der Waals surface area (Å²) in [5, 5.41) is 6.54. The zero-order valence-electron chi connectivity index (χ0n) is 10.3. The van der Waals surface area contributed by atoms with Gasteiger partial charge in [0.1, 0.15) is 11.6 Å². The number of hydrogen-bond acceptors (Lipinski definition) is 3. The highest BCUT2D eigenvalue weighted by Crippen LogP contribution is 2.35. The molecule has 0 atom stereocenters. The van der Waals surface area contributed by atoms with Gasteiger partial charge in [-0.1, -0.05) is 0 Å². The molecule has 2 aromatic heterocycles. The number of benzene rings is 1. The maximum atomic E-state index is 13.9. The van der Waals surface area contributed by atoms with E-state index in [-0.39, 0.29) is 11.4 Å². The number of aromatic nitrogens is 3. The van der Waals surface area contributed by atoms with Gasteiger partial charge < -0.3 is 5.73 Å². The minimum Gasteiger partial charge on any atom is -0.382 e. The molecule has 0 bridgehead atoms. The average Bonchev–Trinajstić information content (AvgIpc) is 2.84. The summed E-state index contributed by atoms with van der Waals surface area (Å²) < 4.78 is 27.2. The fraction of sp³-hybridized carbons (Fsp3) is 0. The van der Waals surface area contributed by atoms with E-state index in [1.54, 1.807) is 24.5 Å². The minimum atomic E-state index is -0.551. The van der Waals surface area contributed by atoms with Crippen LogP contribution in [0.5, 0.6) is 0 Å². The molecule has 0 saturated heterocycles. The van der Waals surface area contributed by atoms with E-state index in [1.807, 2.05) is 0 Å². The number of rotatable bonds is 2. The Kier molecular flexibility index (Phi) is 2.90. The van der Waals surface area contributed by atoms with E-state index < -0.39 is 11.6 Å². The molecule has 0 radical (unpaired) electrons. The summed E-state index contributed by atoms with van der Waals surface area (Å²) in [7, 11) is 0.